The summed E-state index contributed by atoms with van der Waals surface area (Å²) in [7, 11) is 0. The molecule has 0 spiro atoms. The van der Waals surface area contributed by atoms with E-state index in [1.807, 2.05) is 36.4 Å². The second kappa shape index (κ2) is 9.16. The molecular formula is C26H25N7O2. The number of fused-ring (bicyclic) bond motifs is 1. The fourth-order valence-corrected chi connectivity index (χ4v) is 4.48. The van der Waals surface area contributed by atoms with Gasteiger partial charge in [-0.25, -0.2) is 9.97 Å². The average molecular weight is 468 g/mol. The van der Waals surface area contributed by atoms with Gasteiger partial charge < -0.3 is 15.0 Å². The summed E-state index contributed by atoms with van der Waals surface area (Å²) in [5, 5.41) is 20.4. The minimum atomic E-state index is -0.335. The Kier molecular flexibility index (Phi) is 5.89. The number of nitrogens with one attached hydrogen (secondary N) is 2. The fraction of sp³-hybridized carbons (Fsp3) is 0.269. The number of anilines is 2. The number of benzene rings is 1. The Bertz CT molecular complexity index is 1450. The van der Waals surface area contributed by atoms with Crippen LogP contribution in [0.1, 0.15) is 35.5 Å². The first kappa shape index (κ1) is 22.5. The highest BCUT2D eigenvalue weighted by molar-refractivity contribution is 6.05. The molecule has 1 aliphatic rings. The van der Waals surface area contributed by atoms with Crippen molar-refractivity contribution in [2.75, 3.05) is 23.3 Å². The number of aryl methyl sites for hydroxylation is 1. The highest BCUT2D eigenvalue weighted by atomic mass is 16.5. The molecule has 176 valence electrons. The van der Waals surface area contributed by atoms with Crippen LogP contribution < -0.4 is 10.2 Å². The molecule has 9 heteroatoms. The topological polar surface area (TPSA) is 120 Å². The first-order chi connectivity index (χ1) is 16.9. The molecule has 4 aromatic rings. The molecule has 1 fully saturated rings. The molecule has 1 saturated heterocycles. The van der Waals surface area contributed by atoms with Gasteiger partial charge in [-0.2, -0.15) is 10.4 Å². The molecule has 3 aromatic heterocycles. The van der Waals surface area contributed by atoms with Crippen LogP contribution in [0, 0.1) is 18.3 Å². The standard InChI is InChI=1S/C26H25N7O2/c1-15-8-18(11-27)12-29-24(15)26(34)30-20-4-5-22-21(10-20)25(32-31-22)19-6-7-28-23(9-19)33-13-16(2)35-17(3)14-33/h4-10,12,16-17H,13-14H2,1-3H3,(H,30,34)(H,31,32)/t16-,17+. The zero-order chi connectivity index (χ0) is 24.5. The van der Waals surface area contributed by atoms with Crippen molar-refractivity contribution >= 4 is 28.3 Å². The lowest BCUT2D eigenvalue weighted by Crippen LogP contribution is -2.45. The van der Waals surface area contributed by atoms with Crippen molar-refractivity contribution in [2.45, 2.75) is 33.0 Å². The highest BCUT2D eigenvalue weighted by Gasteiger charge is 2.23. The smallest absolute Gasteiger partial charge is 0.274 e. The number of amides is 1. The van der Waals surface area contributed by atoms with Gasteiger partial charge in [-0.1, -0.05) is 0 Å². The minimum Gasteiger partial charge on any atom is -0.372 e. The van der Waals surface area contributed by atoms with Crippen LogP contribution in [0.4, 0.5) is 11.5 Å². The van der Waals surface area contributed by atoms with E-state index in [9.17, 15) is 4.79 Å². The van der Waals surface area contributed by atoms with E-state index >= 15 is 0 Å². The van der Waals surface area contributed by atoms with Crippen LogP contribution in [0.2, 0.25) is 0 Å². The lowest BCUT2D eigenvalue weighted by molar-refractivity contribution is -0.00545. The number of carbonyl (C=O) groups excluding carboxylic acids is 1. The molecule has 0 unspecified atom stereocenters. The minimum absolute atomic E-state index is 0.135. The van der Waals surface area contributed by atoms with Crippen molar-refractivity contribution in [3.8, 4) is 17.3 Å². The molecule has 2 atom stereocenters. The summed E-state index contributed by atoms with van der Waals surface area (Å²) >= 11 is 0. The van der Waals surface area contributed by atoms with E-state index in [1.165, 1.54) is 6.20 Å². The van der Waals surface area contributed by atoms with Crippen LogP contribution in [0.15, 0.2) is 48.8 Å². The van der Waals surface area contributed by atoms with Crippen molar-refractivity contribution in [2.24, 2.45) is 0 Å². The Hall–Kier alpha value is -4.29. The predicted octanol–water partition coefficient (Wildman–Crippen LogP) is 4.07. The van der Waals surface area contributed by atoms with Crippen molar-refractivity contribution in [1.29, 1.82) is 5.26 Å². The number of hydrogen-bond acceptors (Lipinski definition) is 7. The Balaban J connectivity index is 1.43. The quantitative estimate of drug-likeness (QED) is 0.464. The molecule has 0 saturated carbocycles. The predicted molar refractivity (Wildman–Crippen MR) is 133 cm³/mol. The van der Waals surface area contributed by atoms with Gasteiger partial charge in [-0.05, 0) is 62.7 Å². The number of carbonyl (C=O) groups is 1. The van der Waals surface area contributed by atoms with E-state index in [-0.39, 0.29) is 23.8 Å². The van der Waals surface area contributed by atoms with E-state index in [0.29, 0.717) is 16.8 Å². The number of nitrogens with zero attached hydrogens (tertiary/aromatic N) is 5. The van der Waals surface area contributed by atoms with Crippen LogP contribution in [0.3, 0.4) is 0 Å². The van der Waals surface area contributed by atoms with Gasteiger partial charge in [-0.15, -0.1) is 0 Å². The molecule has 9 nitrogen and oxygen atoms in total. The average Bonchev–Trinajstić information content (AvgIpc) is 3.26. The summed E-state index contributed by atoms with van der Waals surface area (Å²) in [6.45, 7) is 7.45. The fourth-order valence-electron chi connectivity index (χ4n) is 4.48. The summed E-state index contributed by atoms with van der Waals surface area (Å²) in [4.78, 5) is 23.8. The van der Waals surface area contributed by atoms with Gasteiger partial charge in [0.15, 0.2) is 0 Å². The first-order valence-corrected chi connectivity index (χ1v) is 11.4. The third-order valence-electron chi connectivity index (χ3n) is 6.01. The molecule has 1 aromatic carbocycles. The van der Waals surface area contributed by atoms with E-state index < -0.39 is 0 Å². The highest BCUT2D eigenvalue weighted by Crippen LogP contribution is 2.31. The van der Waals surface area contributed by atoms with Crippen molar-refractivity contribution in [3.05, 3.63) is 65.6 Å². The number of aromatic amines is 1. The second-order valence-corrected chi connectivity index (χ2v) is 8.85. The van der Waals surface area contributed by atoms with Crippen LogP contribution in [-0.2, 0) is 4.74 Å². The Morgan fingerprint density at radius 2 is 1.97 bits per heavy atom. The second-order valence-electron chi connectivity index (χ2n) is 8.85. The third-order valence-corrected chi connectivity index (χ3v) is 6.01. The van der Waals surface area contributed by atoms with Crippen LogP contribution in [-0.4, -0.2) is 51.4 Å². The largest absolute Gasteiger partial charge is 0.372 e. The van der Waals surface area contributed by atoms with Crippen LogP contribution >= 0.6 is 0 Å². The maximum absolute atomic E-state index is 12.8. The number of aromatic nitrogens is 4. The number of ether oxygens (including phenoxy) is 1. The summed E-state index contributed by atoms with van der Waals surface area (Å²) in [5.74, 6) is 0.547. The lowest BCUT2D eigenvalue weighted by atomic mass is 10.1. The SMILES string of the molecule is Cc1cc(C#N)cnc1C(=O)Nc1ccc2[nH]nc(-c3ccnc(N4C[C@@H](C)O[C@@H](C)C4)c3)c2c1. The lowest BCUT2D eigenvalue weighted by Gasteiger charge is -2.36. The van der Waals surface area contributed by atoms with Crippen molar-refractivity contribution in [3.63, 3.8) is 0 Å². The van der Waals surface area contributed by atoms with Crippen molar-refractivity contribution < 1.29 is 9.53 Å². The normalized spacial score (nSPS) is 17.8. The number of H-pyrrole nitrogens is 1. The van der Waals surface area contributed by atoms with Gasteiger partial charge >= 0.3 is 0 Å². The van der Waals surface area contributed by atoms with Crippen LogP contribution in [0.5, 0.6) is 0 Å². The van der Waals surface area contributed by atoms with Gasteiger partial charge in [-0.3, -0.25) is 9.89 Å². The van der Waals surface area contributed by atoms with Gasteiger partial charge in [0, 0.05) is 42.1 Å². The summed E-state index contributed by atoms with van der Waals surface area (Å²) in [6.07, 6.45) is 3.46. The molecule has 1 amide bonds. The maximum Gasteiger partial charge on any atom is 0.274 e. The van der Waals surface area contributed by atoms with E-state index in [1.54, 1.807) is 19.2 Å². The molecular weight excluding hydrogens is 442 g/mol. The number of nitriles is 1. The molecule has 0 radical (unpaired) electrons. The molecule has 5 rings (SSSR count). The van der Waals surface area contributed by atoms with Gasteiger partial charge in [0.1, 0.15) is 23.3 Å². The van der Waals surface area contributed by atoms with Crippen molar-refractivity contribution in [1.82, 2.24) is 20.2 Å². The van der Waals surface area contributed by atoms with E-state index in [0.717, 1.165) is 41.1 Å². The number of pyridine rings is 2. The Morgan fingerprint density at radius 1 is 1.17 bits per heavy atom. The molecule has 4 heterocycles. The number of rotatable bonds is 4. The summed E-state index contributed by atoms with van der Waals surface area (Å²) < 4.78 is 5.85. The van der Waals surface area contributed by atoms with Gasteiger partial charge in [0.25, 0.3) is 5.91 Å². The summed E-state index contributed by atoms with van der Waals surface area (Å²) in [6, 6.07) is 13.2. The van der Waals surface area contributed by atoms with Gasteiger partial charge in [0.05, 0.1) is 23.3 Å². The number of hydrogen-bond donors (Lipinski definition) is 2. The zero-order valence-electron chi connectivity index (χ0n) is 19.7. The first-order valence-electron chi connectivity index (χ1n) is 11.4. The molecule has 0 bridgehead atoms. The zero-order valence-corrected chi connectivity index (χ0v) is 19.7. The molecule has 1 aliphatic heterocycles. The van der Waals surface area contributed by atoms with E-state index in [4.69, 9.17) is 10.00 Å². The number of morpholine rings is 1. The Morgan fingerprint density at radius 3 is 2.71 bits per heavy atom. The monoisotopic (exact) mass is 467 g/mol. The molecule has 35 heavy (non-hydrogen) atoms. The third kappa shape index (κ3) is 4.56. The van der Waals surface area contributed by atoms with Gasteiger partial charge in [0.2, 0.25) is 0 Å². The summed E-state index contributed by atoms with van der Waals surface area (Å²) in [5.41, 5.74) is 4.54. The Labute approximate surface area is 202 Å². The maximum atomic E-state index is 12.8. The van der Waals surface area contributed by atoms with Crippen LogP contribution in [0.25, 0.3) is 22.2 Å². The molecule has 2 N–H and O–H groups in total. The molecule has 0 aliphatic carbocycles. The van der Waals surface area contributed by atoms with E-state index in [2.05, 4.69) is 44.2 Å².